The van der Waals surface area contributed by atoms with Crippen molar-refractivity contribution < 1.29 is 13.2 Å². The summed E-state index contributed by atoms with van der Waals surface area (Å²) in [4.78, 5) is 16.3. The summed E-state index contributed by atoms with van der Waals surface area (Å²) in [7, 11) is 0. The molecule has 3 heterocycles. The minimum absolute atomic E-state index is 0.370. The number of alkyl halides is 3. The van der Waals surface area contributed by atoms with Crippen LogP contribution in [0.2, 0.25) is 0 Å². The molecule has 5 nitrogen and oxygen atoms in total. The second kappa shape index (κ2) is 5.68. The van der Waals surface area contributed by atoms with Gasteiger partial charge in [-0.3, -0.25) is 9.88 Å². The molecule has 1 aliphatic heterocycles. The Morgan fingerprint density at radius 2 is 1.86 bits per heavy atom. The number of nitrogens with zero attached hydrogens (tertiary/aromatic N) is 5. The Morgan fingerprint density at radius 3 is 2.55 bits per heavy atom. The summed E-state index contributed by atoms with van der Waals surface area (Å²) in [6.07, 6.45) is -0.802. The van der Waals surface area contributed by atoms with Crippen molar-refractivity contribution in [2.75, 3.05) is 37.6 Å². The van der Waals surface area contributed by atoms with E-state index in [0.717, 1.165) is 16.7 Å². The summed E-state index contributed by atoms with van der Waals surface area (Å²) in [5.74, 6) is 1.41. The van der Waals surface area contributed by atoms with Crippen LogP contribution in [-0.2, 0) is 0 Å². The Hall–Kier alpha value is -1.96. The molecule has 2 aromatic heterocycles. The van der Waals surface area contributed by atoms with Gasteiger partial charge >= 0.3 is 6.18 Å². The van der Waals surface area contributed by atoms with Crippen LogP contribution in [0.25, 0.3) is 10.9 Å². The quantitative estimate of drug-likeness (QED) is 0.849. The van der Waals surface area contributed by atoms with Crippen molar-refractivity contribution in [3.63, 3.8) is 0 Å². The second-order valence-corrected chi connectivity index (χ2v) is 5.37. The molecule has 0 atom stereocenters. The van der Waals surface area contributed by atoms with E-state index in [2.05, 4.69) is 15.0 Å². The van der Waals surface area contributed by atoms with E-state index >= 15 is 0 Å². The molecule has 1 saturated heterocycles. The van der Waals surface area contributed by atoms with Gasteiger partial charge in [-0.1, -0.05) is 0 Å². The van der Waals surface area contributed by atoms with Gasteiger partial charge < -0.3 is 4.90 Å². The van der Waals surface area contributed by atoms with Gasteiger partial charge in [0, 0.05) is 37.8 Å². The number of hydrogen-bond acceptors (Lipinski definition) is 5. The normalized spacial score (nSPS) is 17.2. The Labute approximate surface area is 125 Å². The molecule has 0 unspecified atom stereocenters. The van der Waals surface area contributed by atoms with Gasteiger partial charge in [0.15, 0.2) is 0 Å². The van der Waals surface area contributed by atoms with Gasteiger partial charge in [-0.15, -0.1) is 0 Å². The Kier molecular flexibility index (Phi) is 3.86. The standard InChI is InChI=1S/C14H16F3N5/c1-10-19-12-8-18-3-2-11(12)13(20-10)22-6-4-21(5-7-22)9-14(15,16)17/h2-3,8H,4-7,9H2,1H3. The number of aromatic nitrogens is 3. The highest BCUT2D eigenvalue weighted by molar-refractivity contribution is 5.88. The summed E-state index contributed by atoms with van der Waals surface area (Å²) >= 11 is 0. The first-order valence-electron chi connectivity index (χ1n) is 7.05. The van der Waals surface area contributed by atoms with Gasteiger partial charge in [-0.2, -0.15) is 13.2 Å². The Bertz CT molecular complexity index is 665. The third-order valence-corrected chi connectivity index (χ3v) is 3.67. The van der Waals surface area contributed by atoms with Gasteiger partial charge in [0.1, 0.15) is 11.6 Å². The molecule has 0 bridgehead atoms. The maximum Gasteiger partial charge on any atom is 0.401 e. The van der Waals surface area contributed by atoms with E-state index in [-0.39, 0.29) is 0 Å². The Balaban J connectivity index is 1.79. The summed E-state index contributed by atoms with van der Waals surface area (Å²) < 4.78 is 37.3. The van der Waals surface area contributed by atoms with Crippen LogP contribution in [0.1, 0.15) is 5.82 Å². The van der Waals surface area contributed by atoms with Crippen LogP contribution >= 0.6 is 0 Å². The zero-order chi connectivity index (χ0) is 15.7. The van der Waals surface area contributed by atoms with Crippen molar-refractivity contribution in [3.05, 3.63) is 24.3 Å². The van der Waals surface area contributed by atoms with E-state index in [9.17, 15) is 13.2 Å². The highest BCUT2D eigenvalue weighted by Gasteiger charge is 2.32. The molecule has 1 fully saturated rings. The number of anilines is 1. The summed E-state index contributed by atoms with van der Waals surface area (Å²) in [6.45, 7) is 2.72. The molecule has 22 heavy (non-hydrogen) atoms. The molecule has 0 aromatic carbocycles. The molecule has 118 valence electrons. The zero-order valence-electron chi connectivity index (χ0n) is 12.1. The Morgan fingerprint density at radius 1 is 1.14 bits per heavy atom. The van der Waals surface area contributed by atoms with Gasteiger partial charge in [-0.05, 0) is 13.0 Å². The largest absolute Gasteiger partial charge is 0.401 e. The fraction of sp³-hybridized carbons (Fsp3) is 0.500. The smallest absolute Gasteiger partial charge is 0.353 e. The van der Waals surface area contributed by atoms with E-state index < -0.39 is 12.7 Å². The maximum absolute atomic E-state index is 12.4. The number of piperazine rings is 1. The topological polar surface area (TPSA) is 45.2 Å². The summed E-state index contributed by atoms with van der Waals surface area (Å²) in [5, 5.41) is 0.880. The molecule has 2 aromatic rings. The van der Waals surface area contributed by atoms with Crippen LogP contribution in [-0.4, -0.2) is 58.8 Å². The minimum atomic E-state index is -4.15. The van der Waals surface area contributed by atoms with Crippen molar-refractivity contribution >= 4 is 16.7 Å². The van der Waals surface area contributed by atoms with E-state index in [0.29, 0.717) is 32.0 Å². The average molecular weight is 311 g/mol. The molecule has 3 rings (SSSR count). The molecule has 0 aliphatic carbocycles. The number of halogens is 3. The third kappa shape index (κ3) is 3.27. The van der Waals surface area contributed by atoms with Crippen LogP contribution in [0.4, 0.5) is 19.0 Å². The number of fused-ring (bicyclic) bond motifs is 1. The van der Waals surface area contributed by atoms with E-state index in [1.54, 1.807) is 19.3 Å². The van der Waals surface area contributed by atoms with Crippen LogP contribution in [0.15, 0.2) is 18.5 Å². The van der Waals surface area contributed by atoms with Crippen LogP contribution < -0.4 is 4.90 Å². The maximum atomic E-state index is 12.4. The van der Waals surface area contributed by atoms with Crippen molar-refractivity contribution in [2.24, 2.45) is 0 Å². The molecule has 1 aliphatic rings. The summed E-state index contributed by atoms with van der Waals surface area (Å²) in [6, 6.07) is 1.84. The number of aryl methyl sites for hydroxylation is 1. The van der Waals surface area contributed by atoms with E-state index in [1.165, 1.54) is 4.90 Å². The lowest BCUT2D eigenvalue weighted by molar-refractivity contribution is -0.146. The lowest BCUT2D eigenvalue weighted by Crippen LogP contribution is -2.49. The van der Waals surface area contributed by atoms with Crippen molar-refractivity contribution in [2.45, 2.75) is 13.1 Å². The summed E-state index contributed by atoms with van der Waals surface area (Å²) in [5.41, 5.74) is 0.753. The van der Waals surface area contributed by atoms with Gasteiger partial charge in [-0.25, -0.2) is 9.97 Å². The first-order chi connectivity index (χ1) is 10.4. The van der Waals surface area contributed by atoms with E-state index in [1.807, 2.05) is 11.0 Å². The monoisotopic (exact) mass is 311 g/mol. The predicted octanol–water partition coefficient (Wildman–Crippen LogP) is 2.02. The fourth-order valence-electron chi connectivity index (χ4n) is 2.69. The fourth-order valence-corrected chi connectivity index (χ4v) is 2.69. The molecule has 0 amide bonds. The third-order valence-electron chi connectivity index (χ3n) is 3.67. The molecular formula is C14H16F3N5. The van der Waals surface area contributed by atoms with Crippen molar-refractivity contribution in [1.82, 2.24) is 19.9 Å². The number of rotatable bonds is 2. The van der Waals surface area contributed by atoms with Crippen LogP contribution in [0, 0.1) is 6.92 Å². The predicted molar refractivity (Wildman–Crippen MR) is 76.8 cm³/mol. The van der Waals surface area contributed by atoms with E-state index in [4.69, 9.17) is 0 Å². The molecule has 0 radical (unpaired) electrons. The molecule has 8 heteroatoms. The SMILES string of the molecule is Cc1nc(N2CCN(CC(F)(F)F)CC2)c2ccncc2n1. The highest BCUT2D eigenvalue weighted by atomic mass is 19.4. The molecule has 0 N–H and O–H groups in total. The second-order valence-electron chi connectivity index (χ2n) is 5.37. The molecule has 0 spiro atoms. The van der Waals surface area contributed by atoms with Crippen LogP contribution in [0.5, 0.6) is 0 Å². The first kappa shape index (κ1) is 15.0. The van der Waals surface area contributed by atoms with Gasteiger partial charge in [0.25, 0.3) is 0 Å². The zero-order valence-corrected chi connectivity index (χ0v) is 12.1. The lowest BCUT2D eigenvalue weighted by Gasteiger charge is -2.36. The first-order valence-corrected chi connectivity index (χ1v) is 7.05. The van der Waals surface area contributed by atoms with Crippen molar-refractivity contribution in [3.8, 4) is 0 Å². The number of pyridine rings is 1. The molecule has 0 saturated carbocycles. The van der Waals surface area contributed by atoms with Crippen molar-refractivity contribution in [1.29, 1.82) is 0 Å². The minimum Gasteiger partial charge on any atom is -0.353 e. The van der Waals surface area contributed by atoms with Gasteiger partial charge in [0.05, 0.1) is 18.3 Å². The van der Waals surface area contributed by atoms with Gasteiger partial charge in [0.2, 0.25) is 0 Å². The average Bonchev–Trinajstić information content (AvgIpc) is 2.45. The number of hydrogen-bond donors (Lipinski definition) is 0. The highest BCUT2D eigenvalue weighted by Crippen LogP contribution is 2.25. The van der Waals surface area contributed by atoms with Crippen LogP contribution in [0.3, 0.4) is 0 Å². The lowest BCUT2D eigenvalue weighted by atomic mass is 10.2. The molecular weight excluding hydrogens is 295 g/mol.